The van der Waals surface area contributed by atoms with Gasteiger partial charge < -0.3 is 19.4 Å². The summed E-state index contributed by atoms with van der Waals surface area (Å²) in [5, 5.41) is 2.95. The van der Waals surface area contributed by atoms with Crippen LogP contribution < -0.4 is 10.1 Å². The van der Waals surface area contributed by atoms with Crippen LogP contribution in [0.25, 0.3) is 0 Å². The lowest BCUT2D eigenvalue weighted by Gasteiger charge is -2.14. The zero-order valence-corrected chi connectivity index (χ0v) is 13.7. The Kier molecular flexibility index (Phi) is 5.85. The van der Waals surface area contributed by atoms with E-state index in [0.717, 1.165) is 32.4 Å². The number of imidazole rings is 1. The molecule has 1 aromatic carbocycles. The van der Waals surface area contributed by atoms with Crippen molar-refractivity contribution in [2.75, 3.05) is 19.8 Å². The molecular weight excluding hydrogens is 306 g/mol. The fourth-order valence-electron chi connectivity index (χ4n) is 2.72. The molecule has 0 saturated carbocycles. The number of hydrogen-bond donors (Lipinski definition) is 1. The number of aromatic nitrogens is 2. The van der Waals surface area contributed by atoms with E-state index in [4.69, 9.17) is 9.47 Å². The Morgan fingerprint density at radius 2 is 2.33 bits per heavy atom. The first kappa shape index (κ1) is 16.5. The quantitative estimate of drug-likeness (QED) is 0.755. The molecule has 0 bridgehead atoms. The molecular formula is C18H23N3O3. The van der Waals surface area contributed by atoms with E-state index >= 15 is 0 Å². The molecule has 1 aromatic heterocycles. The van der Waals surface area contributed by atoms with E-state index in [1.54, 1.807) is 18.6 Å². The van der Waals surface area contributed by atoms with Crippen molar-refractivity contribution < 1.29 is 14.3 Å². The molecule has 0 unspecified atom stereocenters. The number of nitrogens with zero attached hydrogens (tertiary/aromatic N) is 2. The fourth-order valence-corrected chi connectivity index (χ4v) is 2.72. The zero-order chi connectivity index (χ0) is 16.6. The average Bonchev–Trinajstić information content (AvgIpc) is 3.30. The van der Waals surface area contributed by atoms with E-state index in [0.29, 0.717) is 24.5 Å². The van der Waals surface area contributed by atoms with E-state index in [1.165, 1.54) is 0 Å². The van der Waals surface area contributed by atoms with Crippen molar-refractivity contribution in [1.29, 1.82) is 0 Å². The summed E-state index contributed by atoms with van der Waals surface area (Å²) >= 11 is 0. The average molecular weight is 329 g/mol. The topological polar surface area (TPSA) is 65.4 Å². The molecule has 0 spiro atoms. The number of rotatable bonds is 8. The molecule has 2 heterocycles. The monoisotopic (exact) mass is 329 g/mol. The van der Waals surface area contributed by atoms with Gasteiger partial charge in [-0.05, 0) is 31.4 Å². The lowest BCUT2D eigenvalue weighted by atomic mass is 10.2. The summed E-state index contributed by atoms with van der Waals surface area (Å²) in [7, 11) is 0. The van der Waals surface area contributed by atoms with Crippen LogP contribution in [0, 0.1) is 0 Å². The third kappa shape index (κ3) is 4.58. The number of para-hydroxylation sites is 1. The molecule has 24 heavy (non-hydrogen) atoms. The number of hydrogen-bond acceptors (Lipinski definition) is 4. The minimum Gasteiger partial charge on any atom is -0.490 e. The molecule has 1 N–H and O–H groups in total. The number of carbonyl (C=O) groups is 1. The second-order valence-electron chi connectivity index (χ2n) is 5.85. The summed E-state index contributed by atoms with van der Waals surface area (Å²) in [5.41, 5.74) is 0.568. The van der Waals surface area contributed by atoms with E-state index in [1.807, 2.05) is 29.0 Å². The molecule has 1 saturated heterocycles. The number of nitrogens with one attached hydrogen (secondary N) is 1. The molecule has 0 aliphatic carbocycles. The summed E-state index contributed by atoms with van der Waals surface area (Å²) in [5.74, 6) is 0.503. The Bertz CT molecular complexity index is 637. The van der Waals surface area contributed by atoms with Crippen LogP contribution in [0.15, 0.2) is 43.0 Å². The molecule has 128 valence electrons. The Morgan fingerprint density at radius 1 is 1.42 bits per heavy atom. The van der Waals surface area contributed by atoms with Crippen molar-refractivity contribution in [1.82, 2.24) is 14.9 Å². The highest BCUT2D eigenvalue weighted by molar-refractivity contribution is 5.96. The molecule has 1 aliphatic rings. The molecule has 1 fully saturated rings. The van der Waals surface area contributed by atoms with Gasteiger partial charge in [0.1, 0.15) is 12.4 Å². The van der Waals surface area contributed by atoms with Crippen molar-refractivity contribution >= 4 is 5.91 Å². The standard InChI is InChI=1S/C18H23N3O3/c22-18(20-8-4-10-21-11-9-19-14-21)16-6-1-2-7-17(16)24-13-15-5-3-12-23-15/h1-2,6-7,9,11,14-15H,3-5,8,10,12-13H2,(H,20,22)/t15-/m1/s1. The summed E-state index contributed by atoms with van der Waals surface area (Å²) in [6.45, 7) is 2.73. The minimum absolute atomic E-state index is 0.108. The molecule has 1 amide bonds. The van der Waals surface area contributed by atoms with E-state index in [2.05, 4.69) is 10.3 Å². The van der Waals surface area contributed by atoms with Crippen molar-refractivity contribution in [3.8, 4) is 5.75 Å². The van der Waals surface area contributed by atoms with Crippen molar-refractivity contribution in [2.24, 2.45) is 0 Å². The third-order valence-electron chi connectivity index (χ3n) is 4.02. The SMILES string of the molecule is O=C(NCCCn1ccnc1)c1ccccc1OC[C@H]1CCCO1. The highest BCUT2D eigenvalue weighted by Crippen LogP contribution is 2.20. The predicted octanol–water partition coefficient (Wildman–Crippen LogP) is 2.26. The largest absolute Gasteiger partial charge is 0.490 e. The number of amides is 1. The molecule has 6 heteroatoms. The van der Waals surface area contributed by atoms with Gasteiger partial charge in [-0.1, -0.05) is 12.1 Å². The molecule has 1 aliphatic heterocycles. The van der Waals surface area contributed by atoms with Crippen LogP contribution in [-0.2, 0) is 11.3 Å². The Hall–Kier alpha value is -2.34. The molecule has 0 radical (unpaired) electrons. The van der Waals surface area contributed by atoms with Crippen LogP contribution >= 0.6 is 0 Å². The molecule has 1 atom stereocenters. The third-order valence-corrected chi connectivity index (χ3v) is 4.02. The summed E-state index contributed by atoms with van der Waals surface area (Å²) < 4.78 is 13.4. The van der Waals surface area contributed by atoms with Gasteiger partial charge in [0.2, 0.25) is 0 Å². The first-order chi connectivity index (χ1) is 11.8. The van der Waals surface area contributed by atoms with Gasteiger partial charge in [0, 0.05) is 32.1 Å². The fraction of sp³-hybridized carbons (Fsp3) is 0.444. The van der Waals surface area contributed by atoms with Crippen LogP contribution in [0.1, 0.15) is 29.6 Å². The second-order valence-corrected chi connectivity index (χ2v) is 5.85. The summed E-state index contributed by atoms with van der Waals surface area (Å²) in [4.78, 5) is 16.4. The van der Waals surface area contributed by atoms with E-state index in [-0.39, 0.29) is 12.0 Å². The Morgan fingerprint density at radius 3 is 3.12 bits per heavy atom. The molecule has 2 aromatic rings. The maximum atomic E-state index is 12.4. The first-order valence-corrected chi connectivity index (χ1v) is 8.40. The van der Waals surface area contributed by atoms with Gasteiger partial charge in [0.15, 0.2) is 0 Å². The van der Waals surface area contributed by atoms with E-state index in [9.17, 15) is 4.79 Å². The van der Waals surface area contributed by atoms with Crippen LogP contribution in [-0.4, -0.2) is 41.3 Å². The van der Waals surface area contributed by atoms with Gasteiger partial charge in [-0.15, -0.1) is 0 Å². The lowest BCUT2D eigenvalue weighted by Crippen LogP contribution is -2.26. The number of ether oxygens (including phenoxy) is 2. The van der Waals surface area contributed by atoms with Crippen LogP contribution in [0.5, 0.6) is 5.75 Å². The number of benzene rings is 1. The lowest BCUT2D eigenvalue weighted by molar-refractivity contribution is 0.0670. The van der Waals surface area contributed by atoms with Gasteiger partial charge in [0.25, 0.3) is 5.91 Å². The summed E-state index contributed by atoms with van der Waals surface area (Å²) in [6.07, 6.45) is 8.51. The van der Waals surface area contributed by atoms with E-state index < -0.39 is 0 Å². The van der Waals surface area contributed by atoms with Crippen molar-refractivity contribution in [2.45, 2.75) is 31.9 Å². The predicted molar refractivity (Wildman–Crippen MR) is 90.1 cm³/mol. The first-order valence-electron chi connectivity index (χ1n) is 8.40. The molecule has 6 nitrogen and oxygen atoms in total. The second kappa shape index (κ2) is 8.49. The Labute approximate surface area is 141 Å². The highest BCUT2D eigenvalue weighted by Gasteiger charge is 2.18. The van der Waals surface area contributed by atoms with Crippen LogP contribution in [0.3, 0.4) is 0 Å². The minimum atomic E-state index is -0.108. The van der Waals surface area contributed by atoms with Gasteiger partial charge >= 0.3 is 0 Å². The van der Waals surface area contributed by atoms with Gasteiger partial charge in [-0.3, -0.25) is 4.79 Å². The smallest absolute Gasteiger partial charge is 0.255 e. The zero-order valence-electron chi connectivity index (χ0n) is 13.7. The van der Waals surface area contributed by atoms with Crippen molar-refractivity contribution in [3.05, 3.63) is 48.5 Å². The number of carbonyl (C=O) groups excluding carboxylic acids is 1. The Balaban J connectivity index is 1.48. The number of aryl methyl sites for hydroxylation is 1. The molecule has 3 rings (SSSR count). The van der Waals surface area contributed by atoms with Crippen LogP contribution in [0.2, 0.25) is 0 Å². The maximum Gasteiger partial charge on any atom is 0.255 e. The van der Waals surface area contributed by atoms with Crippen molar-refractivity contribution in [3.63, 3.8) is 0 Å². The van der Waals surface area contributed by atoms with Gasteiger partial charge in [-0.2, -0.15) is 0 Å². The normalized spacial score (nSPS) is 16.9. The van der Waals surface area contributed by atoms with Crippen LogP contribution in [0.4, 0.5) is 0 Å². The van der Waals surface area contributed by atoms with Gasteiger partial charge in [-0.25, -0.2) is 4.98 Å². The van der Waals surface area contributed by atoms with Gasteiger partial charge in [0.05, 0.1) is 18.0 Å². The maximum absolute atomic E-state index is 12.4. The highest BCUT2D eigenvalue weighted by atomic mass is 16.5. The summed E-state index contributed by atoms with van der Waals surface area (Å²) in [6, 6.07) is 7.34.